The van der Waals surface area contributed by atoms with E-state index >= 15 is 0 Å². The number of carbonyl (C=O) groups excluding carboxylic acids is 12. The zero-order valence-electron chi connectivity index (χ0n) is 62.1. The fourth-order valence-electron chi connectivity index (χ4n) is 10.7. The first kappa shape index (κ1) is 96.8. The fourth-order valence-corrected chi connectivity index (χ4v) is 11.3. The van der Waals surface area contributed by atoms with Crippen molar-refractivity contribution >= 4 is 115 Å². The van der Waals surface area contributed by atoms with Gasteiger partial charge in [0.15, 0.2) is 0 Å². The molecule has 0 aliphatic carbocycles. The van der Waals surface area contributed by atoms with Crippen molar-refractivity contribution in [1.82, 2.24) is 58.1 Å². The maximum absolute atomic E-state index is 14.7. The van der Waals surface area contributed by atoms with Crippen molar-refractivity contribution < 1.29 is 129 Å². The van der Waals surface area contributed by atoms with E-state index in [1.807, 2.05) is 0 Å². The van der Waals surface area contributed by atoms with Crippen molar-refractivity contribution in [2.45, 2.75) is 232 Å². The number of alkyl halides is 3. The Balaban J connectivity index is 0.00000790. The molecule has 108 heavy (non-hydrogen) atoms. The molecule has 1 fully saturated rings. The van der Waals surface area contributed by atoms with Crippen LogP contribution in [-0.4, -0.2) is 221 Å². The number of rotatable bonds is 44. The third-order valence-corrected chi connectivity index (χ3v) is 16.8. The Kier molecular flexibility index (Phi) is 40.8. The number of primary amides is 1. The summed E-state index contributed by atoms with van der Waals surface area (Å²) in [7, 11) is -5.06. The molecule has 1 heterocycles. The summed E-state index contributed by atoms with van der Waals surface area (Å²) in [6.07, 6.45) is -8.38. The lowest BCUT2D eigenvalue weighted by atomic mass is 9.98. The Labute approximate surface area is 627 Å². The van der Waals surface area contributed by atoms with Crippen LogP contribution in [0.3, 0.4) is 0 Å². The number of nitrogens with two attached hydrogens (primary N) is 2. The highest BCUT2D eigenvalue weighted by molar-refractivity contribution is 7.80. The molecular weight excluding hydrogens is 1480 g/mol. The van der Waals surface area contributed by atoms with E-state index in [0.29, 0.717) is 0 Å². The summed E-state index contributed by atoms with van der Waals surface area (Å²) >= 11 is 3.98. The summed E-state index contributed by atoms with van der Waals surface area (Å²) in [5.41, 5.74) is 11.3. The standard InChI is InChI=1S/C64H104N13O22PS.C2HF3O2/c1-30(2)22-40(54(84)67-39(64(94)95)19-20-49(79)80)69-55(85)41(23-31(3)4)70-56(86)42(24-32(5)6)71-59(89)46(28-50(81)82)73-58(88)44(26-36-15-17-37(18-16-36)99-100(96,97)98)72-57(87)43(25-33(7)8)74-61(91)47-14-13-21-77(47)63(93)52(35(11)12)76-62(92)51(34(9)10)75-60(90)45(27-48(66)78)68-53(83)38(65)29-101;3-2(4,5)1(6)7/h15-18,30-35,38-47,51-52,101H,13-14,19-29,65H2,1-12H3,(H2,66,78)(H,67,84)(H,68,83)(H,69,85)(H,70,86)(H,71,89)(H,72,87)(H,73,88)(H,74,91)(H,75,90)(H,76,92)(H,79,80)(H,81,82)(H,94,95)(H2,96,97,98);(H,6,7)/t38-,39-,40-,41-,42-,43-,44-,45-,46-,47-,51-,52-;/m0./s1. The third-order valence-electron chi connectivity index (χ3n) is 16.0. The van der Waals surface area contributed by atoms with E-state index in [9.17, 15) is 110 Å². The molecule has 42 heteroatoms. The minimum Gasteiger partial charge on any atom is -0.481 e. The lowest BCUT2D eigenvalue weighted by Crippen LogP contribution is -2.62. The van der Waals surface area contributed by atoms with Crippen molar-refractivity contribution in [3.05, 3.63) is 29.8 Å². The summed E-state index contributed by atoms with van der Waals surface area (Å²) in [6, 6.07) is -13.0. The van der Waals surface area contributed by atoms with Crippen molar-refractivity contribution in [3.63, 3.8) is 0 Å². The maximum atomic E-state index is 14.7. The molecule has 1 aliphatic heterocycles. The minimum atomic E-state index is -5.08. The normalized spacial score (nSPS) is 16.0. The number of carbonyl (C=O) groups is 16. The Morgan fingerprint density at radius 3 is 1.28 bits per heavy atom. The minimum absolute atomic E-state index is 0.00851. The second-order valence-corrected chi connectivity index (χ2v) is 29.7. The first-order valence-electron chi connectivity index (χ1n) is 34.6. The quantitative estimate of drug-likeness (QED) is 0.0282. The highest BCUT2D eigenvalue weighted by Crippen LogP contribution is 2.37. The molecule has 2 rings (SSSR count). The van der Waals surface area contributed by atoms with E-state index in [2.05, 4.69) is 70.3 Å². The molecule has 0 bridgehead atoms. The summed E-state index contributed by atoms with van der Waals surface area (Å²) in [4.78, 5) is 232. The van der Waals surface area contributed by atoms with E-state index in [-0.39, 0.29) is 85.8 Å². The zero-order valence-corrected chi connectivity index (χ0v) is 63.8. The van der Waals surface area contributed by atoms with Crippen molar-refractivity contribution in [2.75, 3.05) is 12.3 Å². The zero-order chi connectivity index (χ0) is 83.2. The van der Waals surface area contributed by atoms with Crippen LogP contribution in [0.2, 0.25) is 0 Å². The van der Waals surface area contributed by atoms with Crippen LogP contribution in [0.15, 0.2) is 24.3 Å². The van der Waals surface area contributed by atoms with Gasteiger partial charge >= 0.3 is 37.9 Å². The molecule has 37 nitrogen and oxygen atoms in total. The van der Waals surface area contributed by atoms with Gasteiger partial charge in [0, 0.05) is 25.1 Å². The summed E-state index contributed by atoms with van der Waals surface area (Å²) < 4.78 is 48.0. The van der Waals surface area contributed by atoms with Gasteiger partial charge in [0.05, 0.1) is 18.9 Å². The number of benzene rings is 1. The first-order chi connectivity index (χ1) is 49.8. The topological polar surface area (TPSA) is 596 Å². The molecule has 12 amide bonds. The molecule has 1 saturated heterocycles. The van der Waals surface area contributed by atoms with Crippen LogP contribution in [0.1, 0.15) is 153 Å². The number of likely N-dealkylation sites (tertiary alicyclic amines) is 1. The number of halogens is 3. The fraction of sp³-hybridized carbons (Fsp3) is 0.667. The Morgan fingerprint density at radius 1 is 0.528 bits per heavy atom. The van der Waals surface area contributed by atoms with E-state index in [4.69, 9.17) is 26.5 Å². The molecule has 20 N–H and O–H groups in total. The van der Waals surface area contributed by atoms with Crippen LogP contribution in [0, 0.1) is 35.5 Å². The van der Waals surface area contributed by atoms with Gasteiger partial charge in [-0.2, -0.15) is 25.8 Å². The van der Waals surface area contributed by atoms with Crippen LogP contribution in [-0.2, 0) is 87.7 Å². The molecule has 0 radical (unpaired) electrons. The molecule has 0 spiro atoms. The number of amides is 12. The third kappa shape index (κ3) is 36.1. The summed E-state index contributed by atoms with van der Waals surface area (Å²) in [6.45, 7) is 20.0. The molecule has 1 aromatic rings. The SMILES string of the molecule is CC(C)C[C@H](NC(=O)[C@H](CC(C)C)NC(=O)[C@H](CC(C)C)NC(=O)[C@H](CC(=O)O)NC(=O)[C@H](Cc1ccc(OP(=O)(O)O)cc1)NC(=O)[C@H](CC(C)C)NC(=O)[C@@H]1CCCN1C(=O)[C@@H](NC(=O)[C@@H](NC(=O)[C@H](CC(N)=O)NC(=O)[C@@H](N)CS)C(C)C)C(C)C)C(=O)N[C@@H](CCC(=O)O)C(=O)O.O=C(O)C(F)(F)F. The van der Waals surface area contributed by atoms with E-state index in [0.717, 1.165) is 12.1 Å². The molecule has 0 unspecified atom stereocenters. The van der Waals surface area contributed by atoms with Crippen molar-refractivity contribution in [2.24, 2.45) is 47.0 Å². The average Bonchev–Trinajstić information content (AvgIpc) is 1.58. The number of phosphoric ester groups is 1. The predicted octanol–water partition coefficient (Wildman–Crippen LogP) is -0.774. The monoisotopic (exact) mass is 1580 g/mol. The number of aliphatic carboxylic acids is 4. The number of phosphoric acid groups is 1. The van der Waals surface area contributed by atoms with Gasteiger partial charge < -0.3 is 94.5 Å². The second-order valence-electron chi connectivity index (χ2n) is 28.2. The Hall–Kier alpha value is -9.21. The van der Waals surface area contributed by atoms with Gasteiger partial charge in [-0.3, -0.25) is 76.9 Å². The molecule has 0 saturated carbocycles. The smallest absolute Gasteiger partial charge is 0.481 e. The van der Waals surface area contributed by atoms with Crippen molar-refractivity contribution in [1.29, 1.82) is 0 Å². The molecule has 1 aliphatic rings. The second kappa shape index (κ2) is 45.6. The lowest BCUT2D eigenvalue weighted by molar-refractivity contribution is -0.192. The largest absolute Gasteiger partial charge is 0.524 e. The Bertz CT molecular complexity index is 3360. The highest BCUT2D eigenvalue weighted by Gasteiger charge is 2.43. The number of carboxylic acid groups (broad SMARTS) is 4. The number of nitrogens with one attached hydrogen (secondary N) is 10. The average molecular weight is 1580 g/mol. The number of thiol groups is 1. The molecule has 12 atom stereocenters. The molecule has 0 aromatic heterocycles. The van der Waals surface area contributed by atoms with Gasteiger partial charge in [0.2, 0.25) is 70.9 Å². The lowest BCUT2D eigenvalue weighted by Gasteiger charge is -2.33. The maximum Gasteiger partial charge on any atom is 0.524 e. The van der Waals surface area contributed by atoms with Crippen LogP contribution in [0.5, 0.6) is 5.75 Å². The van der Waals surface area contributed by atoms with Crippen LogP contribution in [0.25, 0.3) is 0 Å². The van der Waals surface area contributed by atoms with E-state index in [1.54, 1.807) is 83.1 Å². The number of carboxylic acids is 4. The summed E-state index contributed by atoms with van der Waals surface area (Å²) in [5, 5.41) is 61.2. The van der Waals surface area contributed by atoms with Crippen molar-refractivity contribution in [3.8, 4) is 5.75 Å². The number of hydrogen-bond acceptors (Lipinski definition) is 20. The predicted molar refractivity (Wildman–Crippen MR) is 380 cm³/mol. The van der Waals surface area contributed by atoms with Gasteiger partial charge in [-0.25, -0.2) is 14.2 Å². The summed E-state index contributed by atoms with van der Waals surface area (Å²) in [5.74, 6) is -21.6. The van der Waals surface area contributed by atoms with Gasteiger partial charge in [0.25, 0.3) is 0 Å². The molecule has 610 valence electrons. The first-order valence-corrected chi connectivity index (χ1v) is 36.7. The van der Waals surface area contributed by atoms with Gasteiger partial charge in [-0.15, -0.1) is 0 Å². The van der Waals surface area contributed by atoms with Gasteiger partial charge in [-0.05, 0) is 98.1 Å². The number of hydrogen-bond donors (Lipinski definition) is 19. The molecular formula is C66H105F3N13O24PS. The Morgan fingerprint density at radius 2 is 0.898 bits per heavy atom. The van der Waals surface area contributed by atoms with Crippen LogP contribution in [0.4, 0.5) is 13.2 Å². The van der Waals surface area contributed by atoms with E-state index in [1.165, 1.54) is 17.0 Å². The highest BCUT2D eigenvalue weighted by atomic mass is 32.1. The number of nitrogens with zero attached hydrogens (tertiary/aromatic N) is 1. The molecule has 1 aromatic carbocycles. The van der Waals surface area contributed by atoms with E-state index < -0.39 is 225 Å². The van der Waals surface area contributed by atoms with Crippen LogP contribution >= 0.6 is 20.5 Å². The van der Waals surface area contributed by atoms with Gasteiger partial charge in [0.1, 0.15) is 72.2 Å². The van der Waals surface area contributed by atoms with Gasteiger partial charge in [-0.1, -0.05) is 95.2 Å². The van der Waals surface area contributed by atoms with Crippen LogP contribution < -0.4 is 69.2 Å².